The Balaban J connectivity index is 1.51. The monoisotopic (exact) mass is 424 g/mol. The van der Waals surface area contributed by atoms with Crippen molar-refractivity contribution < 1.29 is 18.7 Å². The Hall–Kier alpha value is -3.29. The molecule has 0 radical (unpaired) electrons. The van der Waals surface area contributed by atoms with Crippen molar-refractivity contribution >= 4 is 11.6 Å². The lowest BCUT2D eigenvalue weighted by Gasteiger charge is -2.27. The molecule has 2 heterocycles. The minimum absolute atomic E-state index is 0.00198. The summed E-state index contributed by atoms with van der Waals surface area (Å²) in [7, 11) is 1.55. The number of carbonyl (C=O) groups excluding carboxylic acids is 1. The average Bonchev–Trinajstić information content (AvgIpc) is 3.50. The molecule has 0 aliphatic heterocycles. The number of aryl methyl sites for hydroxylation is 2. The Morgan fingerprint density at radius 3 is 2.87 bits per heavy atom. The van der Waals surface area contributed by atoms with Gasteiger partial charge in [0.1, 0.15) is 17.4 Å². The van der Waals surface area contributed by atoms with Crippen molar-refractivity contribution in [3.8, 4) is 11.5 Å². The highest BCUT2D eigenvalue weighted by Gasteiger charge is 2.62. The quantitative estimate of drug-likeness (QED) is 0.724. The SMILES string of the molecule is COc1cncc(NC(=O)[C@@H]2C[C@@]2(COc2cnc(C)nc2C)C2C=CC(F)=CC2)c1. The van der Waals surface area contributed by atoms with Crippen molar-refractivity contribution in [1.82, 2.24) is 15.0 Å². The lowest BCUT2D eigenvalue weighted by molar-refractivity contribution is -0.118. The zero-order chi connectivity index (χ0) is 22.0. The molecule has 0 bridgehead atoms. The van der Waals surface area contributed by atoms with E-state index < -0.39 is 5.41 Å². The van der Waals surface area contributed by atoms with Crippen LogP contribution in [0.25, 0.3) is 0 Å². The molecule has 1 amide bonds. The molecule has 3 atom stereocenters. The average molecular weight is 424 g/mol. The first-order valence-electron chi connectivity index (χ1n) is 10.2. The molecule has 8 heteroatoms. The van der Waals surface area contributed by atoms with Crippen molar-refractivity contribution in [2.45, 2.75) is 26.7 Å². The van der Waals surface area contributed by atoms with Crippen LogP contribution in [0.3, 0.4) is 0 Å². The number of halogens is 1. The number of carbonyl (C=O) groups is 1. The number of aromatic nitrogens is 3. The summed E-state index contributed by atoms with van der Waals surface area (Å²) in [6, 6.07) is 1.72. The van der Waals surface area contributed by atoms with Gasteiger partial charge >= 0.3 is 0 Å². The van der Waals surface area contributed by atoms with Gasteiger partial charge in [-0.2, -0.15) is 0 Å². The number of amides is 1. The van der Waals surface area contributed by atoms with Gasteiger partial charge < -0.3 is 14.8 Å². The van der Waals surface area contributed by atoms with Crippen molar-refractivity contribution in [3.63, 3.8) is 0 Å². The van der Waals surface area contributed by atoms with Crippen LogP contribution in [0.15, 0.2) is 48.7 Å². The fourth-order valence-corrected chi connectivity index (χ4v) is 4.13. The second-order valence-corrected chi connectivity index (χ2v) is 8.04. The molecule has 1 saturated carbocycles. The van der Waals surface area contributed by atoms with Crippen molar-refractivity contribution in [3.05, 3.63) is 60.2 Å². The van der Waals surface area contributed by atoms with Gasteiger partial charge in [-0.1, -0.05) is 6.08 Å². The number of nitrogens with one attached hydrogen (secondary N) is 1. The van der Waals surface area contributed by atoms with Gasteiger partial charge in [0.05, 0.1) is 43.7 Å². The van der Waals surface area contributed by atoms with E-state index in [1.807, 2.05) is 19.9 Å². The van der Waals surface area contributed by atoms with Gasteiger partial charge in [0.25, 0.3) is 0 Å². The first kappa shape index (κ1) is 21.0. The number of hydrogen-bond donors (Lipinski definition) is 1. The fraction of sp³-hybridized carbons (Fsp3) is 0.391. The molecule has 0 aromatic carbocycles. The van der Waals surface area contributed by atoms with E-state index >= 15 is 0 Å². The Bertz CT molecular complexity index is 1050. The zero-order valence-corrected chi connectivity index (χ0v) is 17.8. The number of allylic oxidation sites excluding steroid dienone is 4. The molecule has 7 nitrogen and oxygen atoms in total. The highest BCUT2D eigenvalue weighted by Crippen LogP contribution is 2.60. The highest BCUT2D eigenvalue weighted by molar-refractivity contribution is 5.95. The summed E-state index contributed by atoms with van der Waals surface area (Å²) in [5.41, 5.74) is 0.886. The largest absolute Gasteiger partial charge is 0.495 e. The molecule has 2 aromatic heterocycles. The second-order valence-electron chi connectivity index (χ2n) is 8.04. The molecule has 1 unspecified atom stereocenters. The van der Waals surface area contributed by atoms with E-state index in [1.165, 1.54) is 6.08 Å². The number of hydrogen-bond acceptors (Lipinski definition) is 6. The van der Waals surface area contributed by atoms with E-state index in [0.29, 0.717) is 42.5 Å². The van der Waals surface area contributed by atoms with Gasteiger partial charge in [-0.3, -0.25) is 9.78 Å². The van der Waals surface area contributed by atoms with Crippen LogP contribution in [0, 0.1) is 31.1 Å². The number of methoxy groups -OCH3 is 1. The molecule has 2 aliphatic rings. The van der Waals surface area contributed by atoms with Gasteiger partial charge in [-0.25, -0.2) is 14.4 Å². The molecule has 0 saturated heterocycles. The normalized spacial score (nSPS) is 24.3. The molecule has 31 heavy (non-hydrogen) atoms. The van der Waals surface area contributed by atoms with Crippen LogP contribution in [0.5, 0.6) is 11.5 Å². The Morgan fingerprint density at radius 1 is 1.32 bits per heavy atom. The van der Waals surface area contributed by atoms with E-state index in [2.05, 4.69) is 20.3 Å². The third kappa shape index (κ3) is 4.42. The Labute approximate surface area is 180 Å². The lowest BCUT2D eigenvalue weighted by atomic mass is 9.82. The lowest BCUT2D eigenvalue weighted by Crippen LogP contribution is -2.29. The number of pyridine rings is 1. The van der Waals surface area contributed by atoms with E-state index in [4.69, 9.17) is 9.47 Å². The third-order valence-electron chi connectivity index (χ3n) is 6.00. The fourth-order valence-electron chi connectivity index (χ4n) is 4.13. The molecule has 162 valence electrons. The first-order valence-corrected chi connectivity index (χ1v) is 10.2. The third-order valence-corrected chi connectivity index (χ3v) is 6.00. The van der Waals surface area contributed by atoms with E-state index in [1.54, 1.807) is 37.8 Å². The molecule has 2 aromatic rings. The van der Waals surface area contributed by atoms with Crippen LogP contribution in [-0.2, 0) is 4.79 Å². The highest BCUT2D eigenvalue weighted by atomic mass is 19.1. The van der Waals surface area contributed by atoms with Gasteiger partial charge in [0.15, 0.2) is 5.75 Å². The predicted octanol–water partition coefficient (Wildman–Crippen LogP) is 3.95. The molecule has 0 spiro atoms. The van der Waals surface area contributed by atoms with Gasteiger partial charge in [0, 0.05) is 17.4 Å². The summed E-state index contributed by atoms with van der Waals surface area (Å²) in [4.78, 5) is 25.7. The molecule has 1 fully saturated rings. The zero-order valence-electron chi connectivity index (χ0n) is 17.8. The van der Waals surface area contributed by atoms with Crippen molar-refractivity contribution in [1.29, 1.82) is 0 Å². The summed E-state index contributed by atoms with van der Waals surface area (Å²) in [5.74, 6) is 1.19. The second kappa shape index (κ2) is 8.45. The summed E-state index contributed by atoms with van der Waals surface area (Å²) in [5, 5.41) is 2.92. The Morgan fingerprint density at radius 2 is 2.16 bits per heavy atom. The maximum atomic E-state index is 13.6. The minimum Gasteiger partial charge on any atom is -0.495 e. The van der Waals surface area contributed by atoms with Crippen molar-refractivity contribution in [2.75, 3.05) is 19.0 Å². The molecule has 4 rings (SSSR count). The van der Waals surface area contributed by atoms with Crippen LogP contribution < -0.4 is 14.8 Å². The summed E-state index contributed by atoms with van der Waals surface area (Å²) in [6.07, 6.45) is 10.9. The molecule has 2 aliphatic carbocycles. The van der Waals surface area contributed by atoms with Gasteiger partial charge in [-0.05, 0) is 44.8 Å². The van der Waals surface area contributed by atoms with Crippen LogP contribution >= 0.6 is 0 Å². The molecular weight excluding hydrogens is 399 g/mol. The van der Waals surface area contributed by atoms with E-state index in [0.717, 1.165) is 5.69 Å². The Kier molecular flexibility index (Phi) is 5.71. The summed E-state index contributed by atoms with van der Waals surface area (Å²) < 4.78 is 24.8. The van der Waals surface area contributed by atoms with Gasteiger partial charge in [0.2, 0.25) is 5.91 Å². The van der Waals surface area contributed by atoms with Crippen LogP contribution in [0.4, 0.5) is 10.1 Å². The topological polar surface area (TPSA) is 86.2 Å². The smallest absolute Gasteiger partial charge is 0.228 e. The number of anilines is 1. The van der Waals surface area contributed by atoms with Crippen LogP contribution in [0.1, 0.15) is 24.4 Å². The first-order chi connectivity index (χ1) is 14.9. The predicted molar refractivity (Wildman–Crippen MR) is 113 cm³/mol. The maximum absolute atomic E-state index is 13.6. The standard InChI is InChI=1S/C23H25FN4O3/c1-14-21(12-26-15(2)27-14)31-13-23(16-4-6-17(24)7-5-16)9-20(23)22(29)28-18-8-19(30-3)11-25-10-18/h4,6-8,10-12,16,20H,5,9,13H2,1-3H3,(H,28,29)/t16?,20-,23+/m0/s1. The molecular formula is C23H25FN4O3. The summed E-state index contributed by atoms with van der Waals surface area (Å²) >= 11 is 0. The van der Waals surface area contributed by atoms with Crippen LogP contribution in [-0.4, -0.2) is 34.6 Å². The molecule has 1 N–H and O–H groups in total. The van der Waals surface area contributed by atoms with Crippen molar-refractivity contribution in [2.24, 2.45) is 17.3 Å². The van der Waals surface area contributed by atoms with E-state index in [-0.39, 0.29) is 23.6 Å². The van der Waals surface area contributed by atoms with E-state index in [9.17, 15) is 9.18 Å². The summed E-state index contributed by atoms with van der Waals surface area (Å²) in [6.45, 7) is 4.00. The van der Waals surface area contributed by atoms with Gasteiger partial charge in [-0.15, -0.1) is 0 Å². The minimum atomic E-state index is -0.429. The number of nitrogens with zero attached hydrogens (tertiary/aromatic N) is 3. The maximum Gasteiger partial charge on any atom is 0.228 e. The number of rotatable bonds is 7. The number of ether oxygens (including phenoxy) is 2. The van der Waals surface area contributed by atoms with Crippen LogP contribution in [0.2, 0.25) is 0 Å².